The van der Waals surface area contributed by atoms with E-state index in [1.807, 2.05) is 48.5 Å². The highest BCUT2D eigenvalue weighted by atomic mass is 16.5. The van der Waals surface area contributed by atoms with Crippen LogP contribution in [0.25, 0.3) is 0 Å². The van der Waals surface area contributed by atoms with E-state index >= 15 is 0 Å². The Bertz CT molecular complexity index is 965. The lowest BCUT2D eigenvalue weighted by Gasteiger charge is -2.23. The first-order chi connectivity index (χ1) is 16.5. The molecule has 182 valence electrons. The summed E-state index contributed by atoms with van der Waals surface area (Å²) in [6.45, 7) is 2.89. The number of hydrogen-bond acceptors (Lipinski definition) is 5. The van der Waals surface area contributed by atoms with Gasteiger partial charge in [-0.3, -0.25) is 19.3 Å². The lowest BCUT2D eigenvalue weighted by atomic mass is 10.1. The first-order valence-corrected chi connectivity index (χ1v) is 11.8. The number of fused-ring (bicyclic) bond motifs is 1. The van der Waals surface area contributed by atoms with E-state index in [4.69, 9.17) is 10.5 Å². The van der Waals surface area contributed by atoms with Gasteiger partial charge in [0.15, 0.2) is 0 Å². The maximum absolute atomic E-state index is 12.6. The van der Waals surface area contributed by atoms with E-state index in [2.05, 4.69) is 15.5 Å². The molecule has 0 saturated carbocycles. The molecule has 0 spiro atoms. The van der Waals surface area contributed by atoms with Crippen LogP contribution in [0.1, 0.15) is 42.4 Å². The zero-order valence-corrected chi connectivity index (χ0v) is 19.6. The molecule has 2 aromatic carbocycles. The standard InChI is InChI=1S/C26H34N4O4/c27-24(31)11-13-29-25(32)16-21-9-10-23-22(15-21)18-30(17-20-7-3-1-4-8-20)19-26(33)28-12-5-2-6-14-34-23/h1,3-4,7-10,15H,2,5-6,11-14,16-19H2,(H2,27,31)(H,28,33)(H,29,32). The van der Waals surface area contributed by atoms with Gasteiger partial charge in [-0.1, -0.05) is 42.5 Å². The average Bonchev–Trinajstić information content (AvgIpc) is 2.81. The van der Waals surface area contributed by atoms with Crippen LogP contribution in [0.2, 0.25) is 0 Å². The van der Waals surface area contributed by atoms with E-state index in [9.17, 15) is 14.4 Å². The zero-order valence-electron chi connectivity index (χ0n) is 19.6. The largest absolute Gasteiger partial charge is 0.493 e. The Labute approximate surface area is 200 Å². The molecule has 0 bridgehead atoms. The molecular formula is C26H34N4O4. The number of rotatable bonds is 7. The molecule has 34 heavy (non-hydrogen) atoms. The van der Waals surface area contributed by atoms with Crippen molar-refractivity contribution in [1.29, 1.82) is 0 Å². The van der Waals surface area contributed by atoms with Gasteiger partial charge in [-0.25, -0.2) is 0 Å². The van der Waals surface area contributed by atoms with Gasteiger partial charge in [0.05, 0.1) is 19.6 Å². The molecule has 1 aliphatic rings. The quantitative estimate of drug-likeness (QED) is 0.577. The van der Waals surface area contributed by atoms with Gasteiger partial charge in [0.25, 0.3) is 0 Å². The van der Waals surface area contributed by atoms with Crippen molar-refractivity contribution in [3.8, 4) is 5.75 Å². The van der Waals surface area contributed by atoms with Crippen molar-refractivity contribution in [2.75, 3.05) is 26.2 Å². The Balaban J connectivity index is 1.79. The fraction of sp³-hybridized carbons (Fsp3) is 0.423. The minimum Gasteiger partial charge on any atom is -0.493 e. The van der Waals surface area contributed by atoms with Crippen molar-refractivity contribution in [3.05, 3.63) is 65.2 Å². The maximum Gasteiger partial charge on any atom is 0.234 e. The SMILES string of the molecule is NC(=O)CCNC(=O)Cc1ccc2c(c1)CN(Cc1ccccc1)CC(=O)NCCCCCO2. The Morgan fingerprint density at radius 3 is 2.65 bits per heavy atom. The van der Waals surface area contributed by atoms with Crippen LogP contribution in [0.3, 0.4) is 0 Å². The lowest BCUT2D eigenvalue weighted by molar-refractivity contribution is -0.123. The second-order valence-electron chi connectivity index (χ2n) is 8.57. The summed E-state index contributed by atoms with van der Waals surface area (Å²) in [4.78, 5) is 37.9. The fourth-order valence-corrected chi connectivity index (χ4v) is 3.90. The van der Waals surface area contributed by atoms with Gasteiger partial charge in [-0.2, -0.15) is 0 Å². The molecule has 0 unspecified atom stereocenters. The first-order valence-electron chi connectivity index (χ1n) is 11.8. The number of hydrogen-bond donors (Lipinski definition) is 3. The third-order valence-electron chi connectivity index (χ3n) is 5.59. The molecule has 0 atom stereocenters. The van der Waals surface area contributed by atoms with E-state index in [0.717, 1.165) is 41.7 Å². The topological polar surface area (TPSA) is 114 Å². The Morgan fingerprint density at radius 2 is 1.85 bits per heavy atom. The predicted octanol–water partition coefficient (Wildman–Crippen LogP) is 1.90. The number of carbonyl (C=O) groups excluding carboxylic acids is 3. The highest BCUT2D eigenvalue weighted by Crippen LogP contribution is 2.24. The number of nitrogens with zero attached hydrogens (tertiary/aromatic N) is 1. The van der Waals surface area contributed by atoms with Gasteiger partial charge in [0.1, 0.15) is 5.75 Å². The van der Waals surface area contributed by atoms with Crippen molar-refractivity contribution in [2.24, 2.45) is 5.73 Å². The normalized spacial score (nSPS) is 15.5. The second-order valence-corrected chi connectivity index (χ2v) is 8.57. The van der Waals surface area contributed by atoms with E-state index < -0.39 is 5.91 Å². The molecule has 8 heteroatoms. The molecule has 3 rings (SSSR count). The number of nitrogens with two attached hydrogens (primary N) is 1. The van der Waals surface area contributed by atoms with Gasteiger partial charge in [0, 0.05) is 38.2 Å². The van der Waals surface area contributed by atoms with E-state index in [1.165, 1.54) is 0 Å². The molecule has 0 radical (unpaired) electrons. The Morgan fingerprint density at radius 1 is 1.03 bits per heavy atom. The van der Waals surface area contributed by atoms with Crippen LogP contribution in [0, 0.1) is 0 Å². The van der Waals surface area contributed by atoms with Gasteiger partial charge in [-0.05, 0) is 36.5 Å². The maximum atomic E-state index is 12.6. The van der Waals surface area contributed by atoms with Crippen molar-refractivity contribution in [1.82, 2.24) is 15.5 Å². The number of amides is 3. The molecule has 0 saturated heterocycles. The number of primary amides is 1. The summed E-state index contributed by atoms with van der Waals surface area (Å²) in [5, 5.41) is 5.74. The van der Waals surface area contributed by atoms with Gasteiger partial charge in [0.2, 0.25) is 17.7 Å². The van der Waals surface area contributed by atoms with E-state index in [1.54, 1.807) is 0 Å². The number of benzene rings is 2. The van der Waals surface area contributed by atoms with Crippen molar-refractivity contribution in [2.45, 2.75) is 45.2 Å². The van der Waals surface area contributed by atoms with Crippen LogP contribution in [0.15, 0.2) is 48.5 Å². The van der Waals surface area contributed by atoms with E-state index in [0.29, 0.717) is 26.2 Å². The molecule has 0 fully saturated rings. The van der Waals surface area contributed by atoms with Gasteiger partial charge < -0.3 is 21.1 Å². The Hall–Kier alpha value is -3.39. The summed E-state index contributed by atoms with van der Waals surface area (Å²) >= 11 is 0. The summed E-state index contributed by atoms with van der Waals surface area (Å²) in [7, 11) is 0. The minimum atomic E-state index is -0.449. The van der Waals surface area contributed by atoms with Crippen molar-refractivity contribution < 1.29 is 19.1 Å². The number of ether oxygens (including phenoxy) is 1. The number of carbonyl (C=O) groups is 3. The fourth-order valence-electron chi connectivity index (χ4n) is 3.90. The third-order valence-corrected chi connectivity index (χ3v) is 5.59. The first kappa shape index (κ1) is 25.2. The molecule has 3 amide bonds. The average molecular weight is 467 g/mol. The predicted molar refractivity (Wildman–Crippen MR) is 130 cm³/mol. The van der Waals surface area contributed by atoms with Gasteiger partial charge >= 0.3 is 0 Å². The van der Waals surface area contributed by atoms with Crippen LogP contribution >= 0.6 is 0 Å². The van der Waals surface area contributed by atoms with Crippen LogP contribution < -0.4 is 21.1 Å². The summed E-state index contributed by atoms with van der Waals surface area (Å²) in [6, 6.07) is 15.8. The summed E-state index contributed by atoms with van der Waals surface area (Å²) in [5.74, 6) is 0.154. The highest BCUT2D eigenvalue weighted by molar-refractivity contribution is 5.80. The molecule has 1 heterocycles. The Kier molecular flexibility index (Phi) is 9.91. The highest BCUT2D eigenvalue weighted by Gasteiger charge is 2.17. The summed E-state index contributed by atoms with van der Waals surface area (Å²) in [5.41, 5.74) is 8.02. The smallest absolute Gasteiger partial charge is 0.234 e. The van der Waals surface area contributed by atoms with Crippen LogP contribution in [0.5, 0.6) is 5.75 Å². The summed E-state index contributed by atoms with van der Waals surface area (Å²) in [6.07, 6.45) is 3.11. The minimum absolute atomic E-state index is 0.00243. The second kappa shape index (κ2) is 13.3. The molecule has 0 aliphatic carbocycles. The monoisotopic (exact) mass is 466 g/mol. The van der Waals surface area contributed by atoms with Crippen LogP contribution in [0.4, 0.5) is 0 Å². The van der Waals surface area contributed by atoms with Crippen LogP contribution in [-0.4, -0.2) is 48.9 Å². The van der Waals surface area contributed by atoms with Crippen molar-refractivity contribution >= 4 is 17.7 Å². The molecule has 1 aliphatic heterocycles. The van der Waals surface area contributed by atoms with Crippen molar-refractivity contribution in [3.63, 3.8) is 0 Å². The molecule has 0 aromatic heterocycles. The third kappa shape index (κ3) is 8.86. The molecule has 4 N–H and O–H groups in total. The lowest BCUT2D eigenvalue weighted by Crippen LogP contribution is -2.37. The molecule has 2 aromatic rings. The molecule has 8 nitrogen and oxygen atoms in total. The zero-order chi connectivity index (χ0) is 24.2. The van der Waals surface area contributed by atoms with Crippen LogP contribution in [-0.2, 0) is 33.9 Å². The summed E-state index contributed by atoms with van der Waals surface area (Å²) < 4.78 is 6.09. The van der Waals surface area contributed by atoms with Gasteiger partial charge in [-0.15, -0.1) is 0 Å². The van der Waals surface area contributed by atoms with E-state index in [-0.39, 0.29) is 37.7 Å². The molecular weight excluding hydrogens is 432 g/mol. The number of nitrogens with one attached hydrogen (secondary N) is 2.